The van der Waals surface area contributed by atoms with Crippen LogP contribution in [0.3, 0.4) is 0 Å². The highest BCUT2D eigenvalue weighted by Crippen LogP contribution is 2.26. The van der Waals surface area contributed by atoms with Crippen LogP contribution in [0.25, 0.3) is 0 Å². The summed E-state index contributed by atoms with van der Waals surface area (Å²) < 4.78 is 31.7. The van der Waals surface area contributed by atoms with Crippen molar-refractivity contribution in [1.29, 1.82) is 0 Å². The van der Waals surface area contributed by atoms with Crippen LogP contribution in [0.4, 0.5) is 0 Å². The van der Waals surface area contributed by atoms with Gasteiger partial charge in [0.1, 0.15) is 0 Å². The predicted molar refractivity (Wildman–Crippen MR) is 83.3 cm³/mol. The number of rotatable bonds is 5. The SMILES string of the molecule is CNCC1CCN(S(=O)(=O)c2ccc(C(=O)OC)cc2C)C1. The molecule has 6 nitrogen and oxygen atoms in total. The Kier molecular flexibility index (Phi) is 5.20. The van der Waals surface area contributed by atoms with Crippen LogP contribution in [-0.4, -0.2) is 52.5 Å². The zero-order valence-electron chi connectivity index (χ0n) is 13.1. The van der Waals surface area contributed by atoms with Gasteiger partial charge in [-0.05, 0) is 56.6 Å². The van der Waals surface area contributed by atoms with E-state index in [2.05, 4.69) is 10.1 Å². The van der Waals surface area contributed by atoms with Crippen LogP contribution >= 0.6 is 0 Å². The molecule has 7 heteroatoms. The maximum atomic E-state index is 12.7. The molecule has 0 aromatic heterocycles. The van der Waals surface area contributed by atoms with E-state index in [4.69, 9.17) is 0 Å². The van der Waals surface area contributed by atoms with Gasteiger partial charge in [-0.2, -0.15) is 4.31 Å². The van der Waals surface area contributed by atoms with Gasteiger partial charge < -0.3 is 10.1 Å². The molecule has 0 amide bonds. The molecule has 0 aliphatic carbocycles. The molecule has 0 spiro atoms. The fourth-order valence-electron chi connectivity index (χ4n) is 2.79. The third-order valence-corrected chi connectivity index (χ3v) is 5.98. The highest BCUT2D eigenvalue weighted by molar-refractivity contribution is 7.89. The molecule has 1 aromatic rings. The summed E-state index contributed by atoms with van der Waals surface area (Å²) in [5.41, 5.74) is 0.911. The summed E-state index contributed by atoms with van der Waals surface area (Å²) in [7, 11) is -0.348. The molecule has 1 aliphatic rings. The van der Waals surface area contributed by atoms with Crippen molar-refractivity contribution in [3.63, 3.8) is 0 Å². The lowest BCUT2D eigenvalue weighted by molar-refractivity contribution is 0.0600. The van der Waals surface area contributed by atoms with Gasteiger partial charge in [0.2, 0.25) is 10.0 Å². The van der Waals surface area contributed by atoms with Crippen LogP contribution in [0.2, 0.25) is 0 Å². The Morgan fingerprint density at radius 1 is 1.45 bits per heavy atom. The topological polar surface area (TPSA) is 75.7 Å². The molecule has 0 saturated carbocycles. The van der Waals surface area contributed by atoms with E-state index in [0.717, 1.165) is 13.0 Å². The second-order valence-electron chi connectivity index (χ2n) is 5.55. The molecule has 1 heterocycles. The molecular weight excluding hydrogens is 304 g/mol. The van der Waals surface area contributed by atoms with Crippen molar-refractivity contribution in [3.8, 4) is 0 Å². The number of hydrogen-bond acceptors (Lipinski definition) is 5. The first-order valence-electron chi connectivity index (χ1n) is 7.24. The van der Waals surface area contributed by atoms with Gasteiger partial charge in [-0.25, -0.2) is 13.2 Å². The third-order valence-electron chi connectivity index (χ3n) is 3.96. The fraction of sp³-hybridized carbons (Fsp3) is 0.533. The largest absolute Gasteiger partial charge is 0.465 e. The number of aryl methyl sites for hydroxylation is 1. The Labute approximate surface area is 131 Å². The van der Waals surface area contributed by atoms with Crippen LogP contribution in [0, 0.1) is 12.8 Å². The highest BCUT2D eigenvalue weighted by Gasteiger charge is 2.33. The van der Waals surface area contributed by atoms with Crippen molar-refractivity contribution in [1.82, 2.24) is 9.62 Å². The Morgan fingerprint density at radius 3 is 2.77 bits per heavy atom. The lowest BCUT2D eigenvalue weighted by Gasteiger charge is -2.18. The van der Waals surface area contributed by atoms with Gasteiger partial charge in [0.15, 0.2) is 0 Å². The van der Waals surface area contributed by atoms with Gasteiger partial charge in [0, 0.05) is 13.1 Å². The van der Waals surface area contributed by atoms with Crippen LogP contribution in [0.1, 0.15) is 22.3 Å². The zero-order valence-corrected chi connectivity index (χ0v) is 13.9. The molecule has 1 N–H and O–H groups in total. The molecule has 22 heavy (non-hydrogen) atoms. The van der Waals surface area contributed by atoms with Crippen LogP contribution in [0.15, 0.2) is 23.1 Å². The second kappa shape index (κ2) is 6.76. The van der Waals surface area contributed by atoms with E-state index in [-0.39, 0.29) is 4.90 Å². The zero-order chi connectivity index (χ0) is 16.3. The molecule has 1 aromatic carbocycles. The number of sulfonamides is 1. The van der Waals surface area contributed by atoms with Gasteiger partial charge in [0.05, 0.1) is 17.6 Å². The Morgan fingerprint density at radius 2 is 2.18 bits per heavy atom. The maximum absolute atomic E-state index is 12.7. The van der Waals surface area contributed by atoms with Crippen LogP contribution < -0.4 is 5.32 Å². The molecule has 1 fully saturated rings. The molecule has 1 aliphatic heterocycles. The molecular formula is C15H22N2O4S. The number of carbonyl (C=O) groups is 1. The van der Waals surface area contributed by atoms with Gasteiger partial charge in [-0.1, -0.05) is 0 Å². The highest BCUT2D eigenvalue weighted by atomic mass is 32.2. The van der Waals surface area contributed by atoms with E-state index in [9.17, 15) is 13.2 Å². The van der Waals surface area contributed by atoms with Crippen molar-refractivity contribution in [2.24, 2.45) is 5.92 Å². The second-order valence-corrected chi connectivity index (χ2v) is 7.45. The molecule has 0 bridgehead atoms. The van der Waals surface area contributed by atoms with E-state index in [0.29, 0.717) is 30.1 Å². The van der Waals surface area contributed by atoms with Gasteiger partial charge in [-0.3, -0.25) is 0 Å². The molecule has 1 atom stereocenters. The smallest absolute Gasteiger partial charge is 0.337 e. The average molecular weight is 326 g/mol. The number of benzene rings is 1. The van der Waals surface area contributed by atoms with Crippen molar-refractivity contribution < 1.29 is 17.9 Å². The quantitative estimate of drug-likeness (QED) is 0.818. The number of ether oxygens (including phenoxy) is 1. The molecule has 1 unspecified atom stereocenters. The Hall–Kier alpha value is -1.44. The normalized spacial score (nSPS) is 19.3. The number of nitrogens with one attached hydrogen (secondary N) is 1. The van der Waals surface area contributed by atoms with Crippen molar-refractivity contribution in [3.05, 3.63) is 29.3 Å². The predicted octanol–water partition coefficient (Wildman–Crippen LogP) is 1.01. The lowest BCUT2D eigenvalue weighted by Crippen LogP contribution is -2.31. The standard InChI is InChI=1S/C15H22N2O4S/c1-11-8-13(15(18)21-3)4-5-14(11)22(19,20)17-7-6-12(10-17)9-16-2/h4-5,8,12,16H,6-7,9-10H2,1-3H3. The van der Waals surface area contributed by atoms with Gasteiger partial charge >= 0.3 is 5.97 Å². The summed E-state index contributed by atoms with van der Waals surface area (Å²) >= 11 is 0. The summed E-state index contributed by atoms with van der Waals surface area (Å²) in [5.74, 6) is -0.128. The Balaban J connectivity index is 2.25. The van der Waals surface area contributed by atoms with Gasteiger partial charge in [-0.15, -0.1) is 0 Å². The van der Waals surface area contributed by atoms with Crippen molar-refractivity contribution in [2.75, 3.05) is 33.8 Å². The Bertz CT molecular complexity index is 658. The number of carbonyl (C=O) groups excluding carboxylic acids is 1. The molecule has 0 radical (unpaired) electrons. The van der Waals surface area contributed by atoms with Crippen LogP contribution in [0.5, 0.6) is 0 Å². The summed E-state index contributed by atoms with van der Waals surface area (Å²) in [6.45, 7) is 3.57. The van der Waals surface area contributed by atoms with Crippen LogP contribution in [-0.2, 0) is 14.8 Å². The van der Waals surface area contributed by atoms with E-state index < -0.39 is 16.0 Å². The third kappa shape index (κ3) is 3.31. The van der Waals surface area contributed by atoms with Gasteiger partial charge in [0.25, 0.3) is 0 Å². The molecule has 2 rings (SSSR count). The van der Waals surface area contributed by atoms with E-state index in [1.165, 1.54) is 23.5 Å². The maximum Gasteiger partial charge on any atom is 0.337 e. The summed E-state index contributed by atoms with van der Waals surface area (Å²) in [6.07, 6.45) is 0.860. The lowest BCUT2D eigenvalue weighted by atomic mass is 10.1. The van der Waals surface area contributed by atoms with E-state index in [1.807, 2.05) is 7.05 Å². The summed E-state index contributed by atoms with van der Waals surface area (Å²) in [5, 5.41) is 3.09. The van der Waals surface area contributed by atoms with Crippen molar-refractivity contribution in [2.45, 2.75) is 18.2 Å². The minimum absolute atomic E-state index is 0.255. The summed E-state index contributed by atoms with van der Waals surface area (Å²) in [4.78, 5) is 11.8. The number of esters is 1. The first kappa shape index (κ1) is 16.9. The minimum atomic E-state index is -3.52. The number of nitrogens with zero attached hydrogens (tertiary/aromatic N) is 1. The summed E-state index contributed by atoms with van der Waals surface area (Å²) in [6, 6.07) is 4.54. The van der Waals surface area contributed by atoms with E-state index in [1.54, 1.807) is 13.0 Å². The minimum Gasteiger partial charge on any atom is -0.465 e. The monoisotopic (exact) mass is 326 g/mol. The fourth-order valence-corrected chi connectivity index (χ4v) is 4.53. The van der Waals surface area contributed by atoms with E-state index >= 15 is 0 Å². The number of hydrogen-bond donors (Lipinski definition) is 1. The first-order chi connectivity index (χ1) is 10.4. The van der Waals surface area contributed by atoms with Crippen molar-refractivity contribution >= 4 is 16.0 Å². The number of methoxy groups -OCH3 is 1. The molecule has 122 valence electrons. The molecule has 1 saturated heterocycles. The first-order valence-corrected chi connectivity index (χ1v) is 8.68. The average Bonchev–Trinajstić information content (AvgIpc) is 2.96.